The zero-order valence-electron chi connectivity index (χ0n) is 6.53. The molecule has 0 aliphatic rings. The maximum Gasteiger partial charge on any atom is 1.00 e. The Morgan fingerprint density at radius 1 is 1.45 bits per heavy atom. The molecule has 0 bridgehead atoms. The Morgan fingerprint density at radius 2 is 2.09 bits per heavy atom. The zero-order chi connectivity index (χ0) is 7.56. The van der Waals surface area contributed by atoms with Crippen molar-refractivity contribution in [3.63, 3.8) is 0 Å². The molecular weight excluding hydrogens is 187 g/mol. The largest absolute Gasteiger partial charge is 1.00 e. The summed E-state index contributed by atoms with van der Waals surface area (Å²) in [7, 11) is 0. The van der Waals surface area contributed by atoms with Crippen LogP contribution in [-0.2, 0) is 11.1 Å². The Bertz CT molecular complexity index is 262. The molecule has 0 saturated heterocycles. The summed E-state index contributed by atoms with van der Waals surface area (Å²) in [6.07, 6.45) is 0. The van der Waals surface area contributed by atoms with Crippen LogP contribution in [0.5, 0.6) is 0 Å². The first-order valence-electron chi connectivity index (χ1n) is 2.86. The minimum absolute atomic E-state index is 0. The van der Waals surface area contributed by atoms with E-state index >= 15 is 0 Å². The van der Waals surface area contributed by atoms with E-state index in [-0.39, 0.29) is 51.4 Å². The second kappa shape index (κ2) is 5.58. The molecule has 0 spiro atoms. The second-order valence-corrected chi connectivity index (χ2v) is 2.99. The molecule has 0 aliphatic heterocycles. The molecule has 0 N–H and O–H groups in total. The van der Waals surface area contributed by atoms with Gasteiger partial charge in [-0.25, -0.2) is 0 Å². The van der Waals surface area contributed by atoms with E-state index in [1.165, 1.54) is 0 Å². The van der Waals surface area contributed by atoms with Crippen LogP contribution in [0, 0.1) is 6.92 Å². The molecule has 1 aromatic carbocycles. The van der Waals surface area contributed by atoms with Crippen molar-refractivity contribution in [3.8, 4) is 0 Å². The fourth-order valence-corrected chi connectivity index (χ4v) is 1.19. The van der Waals surface area contributed by atoms with Crippen molar-refractivity contribution in [2.24, 2.45) is 0 Å². The molecular formula is C7H7KO2S. The van der Waals surface area contributed by atoms with Crippen LogP contribution in [0.1, 0.15) is 5.56 Å². The van der Waals surface area contributed by atoms with Crippen LogP contribution in [0.3, 0.4) is 0 Å². The number of hydrogen-bond donors (Lipinski definition) is 0. The van der Waals surface area contributed by atoms with E-state index in [9.17, 15) is 8.76 Å². The third kappa shape index (κ3) is 3.94. The van der Waals surface area contributed by atoms with E-state index in [0.29, 0.717) is 4.90 Å². The van der Waals surface area contributed by atoms with Gasteiger partial charge in [-0.15, -0.1) is 0 Å². The molecule has 0 amide bonds. The Kier molecular flexibility index (Phi) is 6.07. The zero-order valence-corrected chi connectivity index (χ0v) is 10.5. The Balaban J connectivity index is 0.000001000. The van der Waals surface area contributed by atoms with Gasteiger partial charge in [0.05, 0.1) is 0 Å². The number of aryl methyl sites for hydroxylation is 1. The third-order valence-electron chi connectivity index (χ3n) is 1.18. The normalized spacial score (nSPS) is 11.8. The first-order valence-corrected chi connectivity index (χ1v) is 3.93. The van der Waals surface area contributed by atoms with Crippen molar-refractivity contribution in [2.75, 3.05) is 0 Å². The van der Waals surface area contributed by atoms with Crippen LogP contribution < -0.4 is 51.4 Å². The van der Waals surface area contributed by atoms with E-state index < -0.39 is 11.1 Å². The molecule has 0 aliphatic carbocycles. The van der Waals surface area contributed by atoms with E-state index in [0.717, 1.165) is 5.56 Å². The summed E-state index contributed by atoms with van der Waals surface area (Å²) in [5.74, 6) is 0. The minimum atomic E-state index is -2.09. The van der Waals surface area contributed by atoms with E-state index in [1.807, 2.05) is 13.0 Å². The van der Waals surface area contributed by atoms with Gasteiger partial charge in [-0.2, -0.15) is 0 Å². The van der Waals surface area contributed by atoms with Gasteiger partial charge < -0.3 is 4.55 Å². The van der Waals surface area contributed by atoms with Crippen molar-refractivity contribution in [1.29, 1.82) is 0 Å². The van der Waals surface area contributed by atoms with Crippen LogP contribution in [-0.4, -0.2) is 8.76 Å². The average molecular weight is 194 g/mol. The van der Waals surface area contributed by atoms with Crippen molar-refractivity contribution < 1.29 is 60.1 Å². The molecule has 4 heteroatoms. The molecule has 54 valence electrons. The molecule has 11 heavy (non-hydrogen) atoms. The molecule has 1 atom stereocenters. The summed E-state index contributed by atoms with van der Waals surface area (Å²) >= 11 is -2.09. The molecule has 0 saturated carbocycles. The van der Waals surface area contributed by atoms with Gasteiger partial charge in [-0.3, -0.25) is 4.21 Å². The maximum atomic E-state index is 10.4. The monoisotopic (exact) mass is 194 g/mol. The van der Waals surface area contributed by atoms with Crippen molar-refractivity contribution in [3.05, 3.63) is 29.8 Å². The van der Waals surface area contributed by atoms with Crippen molar-refractivity contribution in [1.82, 2.24) is 0 Å². The second-order valence-electron chi connectivity index (χ2n) is 2.05. The van der Waals surface area contributed by atoms with Gasteiger partial charge in [0.15, 0.2) is 0 Å². The summed E-state index contributed by atoms with van der Waals surface area (Å²) in [6.45, 7) is 1.86. The smallest absolute Gasteiger partial charge is 0.768 e. The molecule has 1 unspecified atom stereocenters. The van der Waals surface area contributed by atoms with Gasteiger partial charge in [-0.1, -0.05) is 12.1 Å². The molecule has 0 radical (unpaired) electrons. The first-order chi connectivity index (χ1) is 4.70. The van der Waals surface area contributed by atoms with Crippen LogP contribution in [0.15, 0.2) is 29.2 Å². The molecule has 2 nitrogen and oxygen atoms in total. The molecule has 0 aromatic heterocycles. The topological polar surface area (TPSA) is 40.1 Å². The van der Waals surface area contributed by atoms with Crippen molar-refractivity contribution in [2.45, 2.75) is 11.8 Å². The van der Waals surface area contributed by atoms with Crippen LogP contribution in [0.4, 0.5) is 0 Å². The third-order valence-corrected chi connectivity index (χ3v) is 1.82. The van der Waals surface area contributed by atoms with Crippen molar-refractivity contribution >= 4 is 11.1 Å². The molecule has 1 rings (SSSR count). The standard InChI is InChI=1S/C7H8O2S.K/c1-6-3-2-4-7(5-6)10(8)9;/h2-5H,1H3,(H,8,9);/q;+1/p-1. The summed E-state index contributed by atoms with van der Waals surface area (Å²) in [5.41, 5.74) is 0.960. The van der Waals surface area contributed by atoms with Gasteiger partial charge in [0, 0.05) is 4.90 Å². The Labute approximate surface area is 111 Å². The minimum Gasteiger partial charge on any atom is -0.768 e. The average Bonchev–Trinajstić information content (AvgIpc) is 1.88. The Morgan fingerprint density at radius 3 is 2.45 bits per heavy atom. The van der Waals surface area contributed by atoms with Gasteiger partial charge in [-0.05, 0) is 35.7 Å². The number of hydrogen-bond acceptors (Lipinski definition) is 2. The van der Waals surface area contributed by atoms with Gasteiger partial charge >= 0.3 is 51.4 Å². The van der Waals surface area contributed by atoms with Crippen LogP contribution in [0.25, 0.3) is 0 Å². The summed E-state index contributed by atoms with van der Waals surface area (Å²) < 4.78 is 20.7. The number of benzene rings is 1. The van der Waals surface area contributed by atoms with E-state index in [2.05, 4.69) is 0 Å². The van der Waals surface area contributed by atoms with Crippen LogP contribution >= 0.6 is 0 Å². The quantitative estimate of drug-likeness (QED) is 0.392. The van der Waals surface area contributed by atoms with Gasteiger partial charge in [0.1, 0.15) is 0 Å². The van der Waals surface area contributed by atoms with E-state index in [4.69, 9.17) is 0 Å². The fourth-order valence-electron chi connectivity index (χ4n) is 0.719. The maximum absolute atomic E-state index is 10.4. The summed E-state index contributed by atoms with van der Waals surface area (Å²) in [5, 5.41) is 0. The Hall–Kier alpha value is 0.966. The first kappa shape index (κ1) is 12.0. The molecule has 1 aromatic rings. The predicted molar refractivity (Wildman–Crippen MR) is 38.4 cm³/mol. The van der Waals surface area contributed by atoms with Gasteiger partial charge in [0.2, 0.25) is 0 Å². The SMILES string of the molecule is Cc1cccc(S(=O)[O-])c1.[K+]. The summed E-state index contributed by atoms with van der Waals surface area (Å²) in [6, 6.07) is 6.77. The number of rotatable bonds is 1. The fraction of sp³-hybridized carbons (Fsp3) is 0.143. The van der Waals surface area contributed by atoms with Crippen LogP contribution in [0.2, 0.25) is 0 Å². The summed E-state index contributed by atoms with van der Waals surface area (Å²) in [4.78, 5) is 0.347. The molecule has 0 fully saturated rings. The van der Waals surface area contributed by atoms with Gasteiger partial charge in [0.25, 0.3) is 0 Å². The van der Waals surface area contributed by atoms with E-state index in [1.54, 1.807) is 18.2 Å². The predicted octanol–water partition coefficient (Wildman–Crippen LogP) is -1.76. The molecule has 0 heterocycles.